The summed E-state index contributed by atoms with van der Waals surface area (Å²) in [5, 5.41) is 0. The van der Waals surface area contributed by atoms with Crippen LogP contribution in [0.1, 0.15) is 33.8 Å². The Labute approximate surface area is 151 Å². The van der Waals surface area contributed by atoms with E-state index in [1.54, 1.807) is 7.11 Å². The zero-order valence-electron chi connectivity index (χ0n) is 15.5. The summed E-state index contributed by atoms with van der Waals surface area (Å²) in [6.45, 7) is 7.20. The number of ketones is 1. The van der Waals surface area contributed by atoms with Crippen molar-refractivity contribution in [3.63, 3.8) is 0 Å². The van der Waals surface area contributed by atoms with Crippen LogP contribution in [0.2, 0.25) is 25.7 Å². The SMILES string of the molecule is COc1cccc(C(=O)C2=Cc3ccccc3C(C[Si](C)(C)C)C2)c1. The fourth-order valence-corrected chi connectivity index (χ4v) is 5.51. The highest BCUT2D eigenvalue weighted by atomic mass is 28.3. The van der Waals surface area contributed by atoms with Gasteiger partial charge in [-0.25, -0.2) is 0 Å². The molecule has 2 aromatic rings. The predicted molar refractivity (Wildman–Crippen MR) is 107 cm³/mol. The number of carbonyl (C=O) groups is 1. The molecule has 0 fully saturated rings. The zero-order chi connectivity index (χ0) is 18.0. The second-order valence-electron chi connectivity index (χ2n) is 8.03. The van der Waals surface area contributed by atoms with Gasteiger partial charge in [0, 0.05) is 19.2 Å². The highest BCUT2D eigenvalue weighted by molar-refractivity contribution is 6.76. The first-order valence-electron chi connectivity index (χ1n) is 8.85. The molecule has 0 bridgehead atoms. The predicted octanol–water partition coefficient (Wildman–Crippen LogP) is 5.79. The van der Waals surface area contributed by atoms with E-state index >= 15 is 0 Å². The van der Waals surface area contributed by atoms with Crippen molar-refractivity contribution in [3.8, 4) is 5.75 Å². The fourth-order valence-electron chi connectivity index (χ4n) is 3.67. The van der Waals surface area contributed by atoms with Crippen molar-refractivity contribution in [2.24, 2.45) is 0 Å². The monoisotopic (exact) mass is 350 g/mol. The Hall–Kier alpha value is -2.13. The highest BCUT2D eigenvalue weighted by Crippen LogP contribution is 2.39. The molecule has 0 radical (unpaired) electrons. The first-order chi connectivity index (χ1) is 11.9. The van der Waals surface area contributed by atoms with Gasteiger partial charge in [-0.2, -0.15) is 0 Å². The van der Waals surface area contributed by atoms with Crippen LogP contribution in [0.15, 0.2) is 54.1 Å². The van der Waals surface area contributed by atoms with Gasteiger partial charge in [0.05, 0.1) is 7.11 Å². The molecule has 3 rings (SSSR count). The zero-order valence-corrected chi connectivity index (χ0v) is 16.5. The van der Waals surface area contributed by atoms with Gasteiger partial charge in [0.2, 0.25) is 0 Å². The van der Waals surface area contributed by atoms with E-state index in [0.29, 0.717) is 11.5 Å². The number of allylic oxidation sites excluding steroid dienone is 1. The molecule has 130 valence electrons. The van der Waals surface area contributed by atoms with Crippen molar-refractivity contribution >= 4 is 19.9 Å². The summed E-state index contributed by atoms with van der Waals surface area (Å²) in [5.74, 6) is 1.28. The lowest BCUT2D eigenvalue weighted by Crippen LogP contribution is -2.25. The summed E-state index contributed by atoms with van der Waals surface area (Å²) >= 11 is 0. The molecule has 3 heteroatoms. The Morgan fingerprint density at radius 1 is 1.12 bits per heavy atom. The van der Waals surface area contributed by atoms with Gasteiger partial charge in [0.15, 0.2) is 5.78 Å². The average molecular weight is 351 g/mol. The maximum atomic E-state index is 13.1. The van der Waals surface area contributed by atoms with Gasteiger partial charge in [0.1, 0.15) is 5.75 Å². The number of hydrogen-bond acceptors (Lipinski definition) is 2. The van der Waals surface area contributed by atoms with E-state index in [-0.39, 0.29) is 5.78 Å². The van der Waals surface area contributed by atoms with Crippen molar-refractivity contribution in [1.82, 2.24) is 0 Å². The molecule has 0 amide bonds. The molecule has 2 nitrogen and oxygen atoms in total. The molecule has 1 atom stereocenters. The lowest BCUT2D eigenvalue weighted by molar-refractivity contribution is 0.103. The molecule has 0 heterocycles. The molecule has 2 aromatic carbocycles. The lowest BCUT2D eigenvalue weighted by Gasteiger charge is -2.30. The van der Waals surface area contributed by atoms with Gasteiger partial charge >= 0.3 is 0 Å². The van der Waals surface area contributed by atoms with Crippen LogP contribution in [0.4, 0.5) is 0 Å². The summed E-state index contributed by atoms with van der Waals surface area (Å²) in [7, 11) is 0.399. The Morgan fingerprint density at radius 3 is 2.60 bits per heavy atom. The molecular formula is C22H26O2Si. The van der Waals surface area contributed by atoms with E-state index < -0.39 is 8.07 Å². The van der Waals surface area contributed by atoms with Crippen LogP contribution in [0, 0.1) is 0 Å². The summed E-state index contributed by atoms with van der Waals surface area (Å²) in [4.78, 5) is 13.1. The Balaban J connectivity index is 1.96. The molecule has 0 spiro atoms. The minimum Gasteiger partial charge on any atom is -0.497 e. The molecule has 1 unspecified atom stereocenters. The molecular weight excluding hydrogens is 324 g/mol. The largest absolute Gasteiger partial charge is 0.497 e. The minimum absolute atomic E-state index is 0.119. The number of Topliss-reactive ketones (excluding diaryl/α,β-unsaturated/α-hetero) is 1. The molecule has 1 aliphatic rings. The smallest absolute Gasteiger partial charge is 0.189 e. The van der Waals surface area contributed by atoms with Crippen LogP contribution >= 0.6 is 0 Å². The fraction of sp³-hybridized carbons (Fsp3) is 0.318. The van der Waals surface area contributed by atoms with Gasteiger partial charge < -0.3 is 4.74 Å². The summed E-state index contributed by atoms with van der Waals surface area (Å²) in [6, 6.07) is 17.2. The van der Waals surface area contributed by atoms with Crippen LogP contribution in [0.5, 0.6) is 5.75 Å². The van der Waals surface area contributed by atoms with Gasteiger partial charge in [-0.15, -0.1) is 0 Å². The van der Waals surface area contributed by atoms with Crippen molar-refractivity contribution < 1.29 is 9.53 Å². The van der Waals surface area contributed by atoms with Crippen molar-refractivity contribution in [2.75, 3.05) is 7.11 Å². The Morgan fingerprint density at radius 2 is 1.88 bits per heavy atom. The topological polar surface area (TPSA) is 26.3 Å². The number of hydrogen-bond donors (Lipinski definition) is 0. The number of fused-ring (bicyclic) bond motifs is 1. The summed E-state index contributed by atoms with van der Waals surface area (Å²) in [6.07, 6.45) is 2.91. The van der Waals surface area contributed by atoms with Gasteiger partial charge in [-0.05, 0) is 41.7 Å². The first-order valence-corrected chi connectivity index (χ1v) is 12.6. The average Bonchev–Trinajstić information content (AvgIpc) is 2.59. The third-order valence-electron chi connectivity index (χ3n) is 4.71. The third kappa shape index (κ3) is 4.10. The molecule has 0 saturated carbocycles. The van der Waals surface area contributed by atoms with E-state index in [0.717, 1.165) is 17.7 Å². The quantitative estimate of drug-likeness (QED) is 0.504. The first kappa shape index (κ1) is 17.7. The third-order valence-corrected chi connectivity index (χ3v) is 6.43. The molecule has 0 saturated heterocycles. The van der Waals surface area contributed by atoms with Crippen LogP contribution in [-0.4, -0.2) is 21.0 Å². The number of ether oxygens (including phenoxy) is 1. The van der Waals surface area contributed by atoms with Gasteiger partial charge in [-0.1, -0.05) is 62.1 Å². The van der Waals surface area contributed by atoms with E-state index in [9.17, 15) is 4.79 Å². The van der Waals surface area contributed by atoms with Crippen LogP contribution < -0.4 is 4.74 Å². The van der Waals surface area contributed by atoms with Crippen LogP contribution in [0.25, 0.3) is 6.08 Å². The van der Waals surface area contributed by atoms with Gasteiger partial charge in [0.25, 0.3) is 0 Å². The van der Waals surface area contributed by atoms with Crippen molar-refractivity contribution in [2.45, 2.75) is 38.0 Å². The number of rotatable bonds is 5. The Bertz CT molecular complexity index is 815. The normalized spacial score (nSPS) is 16.8. The minimum atomic E-state index is -1.23. The Kier molecular flexibility index (Phi) is 4.95. The number of carbonyl (C=O) groups excluding carboxylic acids is 1. The van der Waals surface area contributed by atoms with Crippen molar-refractivity contribution in [3.05, 3.63) is 70.8 Å². The highest BCUT2D eigenvalue weighted by Gasteiger charge is 2.29. The van der Waals surface area contributed by atoms with E-state index in [1.807, 2.05) is 24.3 Å². The summed E-state index contributed by atoms with van der Waals surface area (Å²) in [5.41, 5.74) is 4.21. The second kappa shape index (κ2) is 7.01. The van der Waals surface area contributed by atoms with Gasteiger partial charge in [-0.3, -0.25) is 4.79 Å². The van der Waals surface area contributed by atoms with E-state index in [2.05, 4.69) is 50.0 Å². The lowest BCUT2D eigenvalue weighted by atomic mass is 9.82. The maximum Gasteiger partial charge on any atom is 0.189 e. The molecule has 0 N–H and O–H groups in total. The standard InChI is InChI=1S/C22H26O2Si/c1-24-20-10-7-9-17(14-20)22(23)18-12-16-8-5-6-11-21(16)19(13-18)15-25(2,3)4/h5-12,14,19H,13,15H2,1-4H3. The van der Waals surface area contributed by atoms with Crippen molar-refractivity contribution in [1.29, 1.82) is 0 Å². The van der Waals surface area contributed by atoms with E-state index in [1.165, 1.54) is 17.2 Å². The molecule has 0 aromatic heterocycles. The molecule has 25 heavy (non-hydrogen) atoms. The van der Waals surface area contributed by atoms with E-state index in [4.69, 9.17) is 4.74 Å². The van der Waals surface area contributed by atoms with Crippen LogP contribution in [-0.2, 0) is 0 Å². The summed E-state index contributed by atoms with van der Waals surface area (Å²) < 4.78 is 5.27. The second-order valence-corrected chi connectivity index (χ2v) is 13.6. The number of benzene rings is 2. The van der Waals surface area contributed by atoms with Crippen LogP contribution in [0.3, 0.4) is 0 Å². The molecule has 0 aliphatic heterocycles. The number of methoxy groups -OCH3 is 1. The molecule has 1 aliphatic carbocycles. The maximum absolute atomic E-state index is 13.1.